The van der Waals surface area contributed by atoms with E-state index in [2.05, 4.69) is 9.98 Å². The monoisotopic (exact) mass is 82.0 g/mol. The van der Waals surface area contributed by atoms with Crippen LogP contribution in [0.25, 0.3) is 0 Å². The molecule has 0 saturated carbocycles. The van der Waals surface area contributed by atoms with E-state index in [1.807, 2.05) is 0 Å². The lowest BCUT2D eigenvalue weighted by Crippen LogP contribution is -2.35. The van der Waals surface area contributed by atoms with Gasteiger partial charge >= 0.3 is 5.96 Å². The van der Waals surface area contributed by atoms with E-state index < -0.39 is 0 Å². The highest BCUT2D eigenvalue weighted by Crippen LogP contribution is 1.74. The van der Waals surface area contributed by atoms with Gasteiger partial charge in [-0.1, -0.05) is 9.98 Å². The van der Waals surface area contributed by atoms with Crippen LogP contribution < -0.4 is 5.41 Å². The third kappa shape index (κ3) is 0.337. The third-order valence-corrected chi connectivity index (χ3v) is 0.480. The summed E-state index contributed by atoms with van der Waals surface area (Å²) in [6.45, 7) is 0. The summed E-state index contributed by atoms with van der Waals surface area (Å²) in [6.07, 6.45) is 3.10. The molecule has 30 valence electrons. The fraction of sp³-hybridized carbons (Fsp3) is 0. The van der Waals surface area contributed by atoms with Crippen LogP contribution in [0.1, 0.15) is 0 Å². The lowest BCUT2D eigenvalue weighted by atomic mass is 10.9. The van der Waals surface area contributed by atoms with Gasteiger partial charge < -0.3 is 0 Å². The van der Waals surface area contributed by atoms with Crippen LogP contribution in [-0.4, -0.2) is 18.4 Å². The Morgan fingerprint density at radius 1 is 1.33 bits per heavy atom. The second kappa shape index (κ2) is 1.01. The topological polar surface area (TPSA) is 50.3 Å². The molecule has 0 aromatic heterocycles. The molecule has 0 radical (unpaired) electrons. The van der Waals surface area contributed by atoms with Gasteiger partial charge in [-0.2, -0.15) is 0 Å². The number of aliphatic imine (C=N–C) groups is 2. The van der Waals surface area contributed by atoms with Gasteiger partial charge in [-0.3, -0.25) is 5.41 Å². The third-order valence-electron chi connectivity index (χ3n) is 0.480. The number of nitrogens with two attached hydrogens (primary N) is 1. The maximum atomic E-state index is 5.06. The molecule has 2 N–H and O–H groups in total. The molecule has 1 rings (SSSR count). The van der Waals surface area contributed by atoms with Crippen molar-refractivity contribution in [3.63, 3.8) is 0 Å². The lowest BCUT2D eigenvalue weighted by Gasteiger charge is -1.54. The lowest BCUT2D eigenvalue weighted by molar-refractivity contribution is -0.116. The predicted molar refractivity (Wildman–Crippen MR) is 23.9 cm³/mol. The van der Waals surface area contributed by atoms with E-state index in [-0.39, 0.29) is 0 Å². The van der Waals surface area contributed by atoms with Crippen LogP contribution in [-0.2, 0) is 0 Å². The molecule has 3 heteroatoms. The fourth-order valence-electron chi connectivity index (χ4n) is 0.253. The number of guanidine groups is 1. The van der Waals surface area contributed by atoms with Crippen molar-refractivity contribution in [2.45, 2.75) is 0 Å². The zero-order valence-electron chi connectivity index (χ0n) is 3.13. The first-order chi connectivity index (χ1) is 2.89. The van der Waals surface area contributed by atoms with Gasteiger partial charge in [0.2, 0.25) is 0 Å². The summed E-state index contributed by atoms with van der Waals surface area (Å²) in [7, 11) is 0. The molecule has 0 bridgehead atoms. The van der Waals surface area contributed by atoms with E-state index in [1.165, 1.54) is 0 Å². The minimum absolute atomic E-state index is 0.343. The molecule has 0 aliphatic carbocycles. The summed E-state index contributed by atoms with van der Waals surface area (Å²) in [4.78, 5) is 7.17. The fourth-order valence-corrected chi connectivity index (χ4v) is 0.253. The van der Waals surface area contributed by atoms with E-state index in [0.29, 0.717) is 5.96 Å². The molecule has 1 heterocycles. The van der Waals surface area contributed by atoms with Crippen molar-refractivity contribution in [3.8, 4) is 0 Å². The molecule has 3 nitrogen and oxygen atoms in total. The van der Waals surface area contributed by atoms with Crippen molar-refractivity contribution in [1.29, 1.82) is 0 Å². The minimum atomic E-state index is 0.343. The average molecular weight is 82.1 g/mol. The summed E-state index contributed by atoms with van der Waals surface area (Å²) < 4.78 is 0. The Hall–Kier alpha value is -0.990. The number of nitrogens with zero attached hydrogens (tertiary/aromatic N) is 2. The first kappa shape index (κ1) is 3.21. The Kier molecular flexibility index (Phi) is 0.538. The maximum Gasteiger partial charge on any atom is 0.423 e. The highest BCUT2D eigenvalue weighted by Gasteiger charge is 2.00. The van der Waals surface area contributed by atoms with Gasteiger partial charge in [0.1, 0.15) is 12.4 Å². The zero-order valence-corrected chi connectivity index (χ0v) is 3.13. The molecule has 0 saturated heterocycles. The molecule has 0 fully saturated rings. The largest absolute Gasteiger partial charge is 0.423 e. The van der Waals surface area contributed by atoms with E-state index in [9.17, 15) is 0 Å². The summed E-state index contributed by atoms with van der Waals surface area (Å²) in [5, 5.41) is 5.06. The van der Waals surface area contributed by atoms with Gasteiger partial charge in [-0.05, 0) is 0 Å². The number of hydrogen-bond donors (Lipinski definition) is 1. The van der Waals surface area contributed by atoms with E-state index in [1.54, 1.807) is 12.4 Å². The Balaban J connectivity index is 2.86. The Bertz CT molecular complexity index is 108. The van der Waals surface area contributed by atoms with Crippen molar-refractivity contribution in [2.24, 2.45) is 9.98 Å². The second-order valence-corrected chi connectivity index (χ2v) is 0.915. The van der Waals surface area contributed by atoms with Crippen molar-refractivity contribution < 1.29 is 5.41 Å². The molecule has 1 aliphatic rings. The van der Waals surface area contributed by atoms with E-state index in [0.717, 1.165) is 0 Å². The molecule has 1 aliphatic heterocycles. The molecular weight excluding hydrogens is 78.1 g/mol. The van der Waals surface area contributed by atoms with Gasteiger partial charge in [0, 0.05) is 0 Å². The van der Waals surface area contributed by atoms with Crippen LogP contribution in [0, 0.1) is 0 Å². The van der Waals surface area contributed by atoms with Gasteiger partial charge in [0.25, 0.3) is 0 Å². The normalized spacial score (nSPS) is 17.0. The summed E-state index contributed by atoms with van der Waals surface area (Å²) in [5.41, 5.74) is 0. The van der Waals surface area contributed by atoms with Gasteiger partial charge in [0.05, 0.1) is 0 Å². The van der Waals surface area contributed by atoms with Crippen LogP contribution in [0.4, 0.5) is 0 Å². The zero-order chi connectivity index (χ0) is 4.41. The van der Waals surface area contributed by atoms with Crippen molar-refractivity contribution >= 4 is 18.4 Å². The van der Waals surface area contributed by atoms with Crippen LogP contribution in [0.2, 0.25) is 0 Å². The highest BCUT2D eigenvalue weighted by molar-refractivity contribution is 6.25. The molecule has 0 unspecified atom stereocenters. The Morgan fingerprint density at radius 3 is 2.00 bits per heavy atom. The first-order valence-corrected chi connectivity index (χ1v) is 1.59. The van der Waals surface area contributed by atoms with Crippen LogP contribution in [0.15, 0.2) is 9.98 Å². The second-order valence-electron chi connectivity index (χ2n) is 0.915. The van der Waals surface area contributed by atoms with Gasteiger partial charge in [-0.15, -0.1) is 0 Å². The molecule has 6 heavy (non-hydrogen) atoms. The SMILES string of the molecule is [NH2+]=C1N=CC=N1. The molecule has 0 aromatic carbocycles. The Morgan fingerprint density at radius 2 is 1.83 bits per heavy atom. The molecule has 0 atom stereocenters. The number of hydrogen-bond acceptors (Lipinski definition) is 0. The molecular formula is C3H4N3+. The van der Waals surface area contributed by atoms with Crippen molar-refractivity contribution in [1.82, 2.24) is 0 Å². The highest BCUT2D eigenvalue weighted by atomic mass is 15.0. The van der Waals surface area contributed by atoms with Crippen LogP contribution in [0.3, 0.4) is 0 Å². The summed E-state index contributed by atoms with van der Waals surface area (Å²) in [5.74, 6) is 0.343. The van der Waals surface area contributed by atoms with Gasteiger partial charge in [0.15, 0.2) is 0 Å². The minimum Gasteiger partial charge on any atom is -0.285 e. The number of rotatable bonds is 0. The van der Waals surface area contributed by atoms with E-state index >= 15 is 0 Å². The quantitative estimate of drug-likeness (QED) is 0.360. The summed E-state index contributed by atoms with van der Waals surface area (Å²) in [6, 6.07) is 0. The maximum absolute atomic E-state index is 5.06. The van der Waals surface area contributed by atoms with E-state index in [4.69, 9.17) is 5.41 Å². The smallest absolute Gasteiger partial charge is 0.285 e. The standard InChI is InChI=1S/C3H3N3/c4-3-5-1-2-6-3/h1-2,4H/p+1. The predicted octanol–water partition coefficient (Wildman–Crippen LogP) is -1.74. The molecule has 0 spiro atoms. The first-order valence-electron chi connectivity index (χ1n) is 1.59. The van der Waals surface area contributed by atoms with Crippen molar-refractivity contribution in [2.75, 3.05) is 0 Å². The summed E-state index contributed by atoms with van der Waals surface area (Å²) >= 11 is 0. The molecule has 0 amide bonds. The van der Waals surface area contributed by atoms with Crippen LogP contribution in [0.5, 0.6) is 0 Å². The van der Waals surface area contributed by atoms with Crippen LogP contribution >= 0.6 is 0 Å². The molecule has 0 aromatic rings. The Labute approximate surface area is 34.9 Å². The van der Waals surface area contributed by atoms with Crippen molar-refractivity contribution in [3.05, 3.63) is 0 Å². The average Bonchev–Trinajstić information content (AvgIpc) is 1.86. The van der Waals surface area contributed by atoms with Gasteiger partial charge in [-0.25, -0.2) is 0 Å².